The van der Waals surface area contributed by atoms with Crippen LogP contribution in [0.15, 0.2) is 75.4 Å². The first-order valence-corrected chi connectivity index (χ1v) is 39.9. The van der Waals surface area contributed by atoms with Gasteiger partial charge >= 0.3 is 41.2 Å². The average Bonchev–Trinajstić information content (AvgIpc) is 1.13. The number of rotatable bonds is 27. The number of carbonyl (C=O) groups is 3. The van der Waals surface area contributed by atoms with Crippen molar-refractivity contribution in [3.8, 4) is 23.3 Å². The number of benzene rings is 3. The Morgan fingerprint density at radius 3 is 2.23 bits per heavy atom. The number of hydrogen-bond donors (Lipinski definition) is 11. The average molecular weight is 1470 g/mol. The minimum atomic E-state index is -5.83. The normalized spacial score (nSPS) is 19.1. The molecule has 504 valence electrons. The Kier molecular flexibility index (Phi) is 23.2. The van der Waals surface area contributed by atoms with Gasteiger partial charge in [0.25, 0.3) is 31.7 Å². The molecule has 32 nitrogen and oxygen atoms in total. The molecule has 11 N–H and O–H groups in total. The third kappa shape index (κ3) is 20.2. The maximum Gasteiger partial charge on any atom is 0.490 e. The number of nitrogens with one attached hydrogen (secondary N) is 4. The lowest BCUT2D eigenvalue weighted by Crippen LogP contribution is -2.34. The van der Waals surface area contributed by atoms with Crippen molar-refractivity contribution in [2.75, 3.05) is 66.8 Å². The zero-order valence-electron chi connectivity index (χ0n) is 49.1. The first kappa shape index (κ1) is 73.2. The molecule has 1 fully saturated rings. The van der Waals surface area contributed by atoms with Crippen LogP contribution in [0.5, 0.6) is 11.5 Å². The molecule has 5 atom stereocenters. The molecule has 0 saturated carbocycles. The zero-order chi connectivity index (χ0) is 68.2. The van der Waals surface area contributed by atoms with E-state index in [1.807, 2.05) is 0 Å². The minimum Gasteiger partial charge on any atom is -0.478 e. The molecule has 0 bridgehead atoms. The summed E-state index contributed by atoms with van der Waals surface area (Å²) < 4.78 is 141. The summed E-state index contributed by atoms with van der Waals surface area (Å²) >= 11 is 0. The molecule has 4 aromatic rings. The van der Waals surface area contributed by atoms with Gasteiger partial charge in [0, 0.05) is 76.0 Å². The minimum absolute atomic E-state index is 0.0408. The monoisotopic (exact) mass is 1470 g/mol. The predicted molar refractivity (Wildman–Crippen MR) is 343 cm³/mol. The smallest absolute Gasteiger partial charge is 0.478 e. The van der Waals surface area contributed by atoms with Crippen LogP contribution >= 0.6 is 66.6 Å². The van der Waals surface area contributed by atoms with Crippen LogP contribution in [0.2, 0.25) is 0 Å². The molecule has 1 aromatic heterocycles. The van der Waals surface area contributed by atoms with Gasteiger partial charge in [0.1, 0.15) is 53.4 Å². The Hall–Kier alpha value is -5.59. The molecule has 0 spiro atoms. The SMILES string of the molecule is CSSCO[C@@H]1C[C@H](n2cc(C#CCNC(=O)OCCSSCCNC(=O)c3ccc(C4=c5cc6c(cc5Oc5cc7c(cc54)C(CS(=O)(=O)O)=CC(C)(C)N7)=NC(C)(C)C=C6CS(=O)(=O)O)cc3C(=O)O)c(=O)[nH]c2=O)O[C@@H]1COP(=O)(O)OP(=O)(O)OP(=O)(O)O. The fraction of sp³-hybridized carbons (Fsp3) is 0.385. The molecular weight excluding hydrogens is 1410 g/mol. The molecular formula is C52H59N6O26P3S6. The fourth-order valence-electron chi connectivity index (χ4n) is 9.97. The number of H-pyrrole nitrogens is 1. The highest BCUT2D eigenvalue weighted by Gasteiger charge is 2.44. The van der Waals surface area contributed by atoms with Crippen molar-refractivity contribution < 1.29 is 111 Å². The van der Waals surface area contributed by atoms with E-state index in [4.69, 9.17) is 38.3 Å². The van der Waals surface area contributed by atoms with E-state index in [1.54, 1.807) is 70.4 Å². The van der Waals surface area contributed by atoms with Gasteiger partial charge in [0.05, 0.1) is 46.8 Å². The number of phosphoric ester groups is 1. The Morgan fingerprint density at radius 1 is 0.849 bits per heavy atom. The molecule has 8 rings (SSSR count). The third-order valence-electron chi connectivity index (χ3n) is 13.3. The summed E-state index contributed by atoms with van der Waals surface area (Å²) in [5, 5.41) is 19.7. The van der Waals surface area contributed by atoms with Crippen LogP contribution in [-0.2, 0) is 61.3 Å². The van der Waals surface area contributed by atoms with Gasteiger partial charge in [-0.1, -0.05) is 73.2 Å². The Balaban J connectivity index is 0.875. The molecule has 41 heteroatoms. The summed E-state index contributed by atoms with van der Waals surface area (Å²) in [5.74, 6) is 2.48. The van der Waals surface area contributed by atoms with E-state index in [0.717, 1.165) is 10.8 Å². The number of phosphoric acid groups is 3. The maximum atomic E-state index is 13.7. The van der Waals surface area contributed by atoms with Gasteiger partial charge in [-0.3, -0.25) is 37.8 Å². The van der Waals surface area contributed by atoms with Crippen LogP contribution in [-0.4, -0.2) is 163 Å². The maximum absolute atomic E-state index is 13.7. The summed E-state index contributed by atoms with van der Waals surface area (Å²) in [5.41, 5.74) is -1.89. The zero-order valence-corrected chi connectivity index (χ0v) is 56.7. The highest BCUT2D eigenvalue weighted by Crippen LogP contribution is 2.66. The summed E-state index contributed by atoms with van der Waals surface area (Å²) in [6.45, 7) is 5.85. The summed E-state index contributed by atoms with van der Waals surface area (Å²) in [6.07, 6.45) is 1.57. The number of carboxylic acids is 1. The Bertz CT molecular complexity index is 4450. The number of carbonyl (C=O) groups excluding carboxylic acids is 2. The Labute approximate surface area is 544 Å². The largest absolute Gasteiger partial charge is 0.490 e. The number of aromatic amines is 1. The number of ether oxygens (including phenoxy) is 4. The van der Waals surface area contributed by atoms with E-state index in [1.165, 1.54) is 61.4 Å². The van der Waals surface area contributed by atoms with Gasteiger partial charge in [0.2, 0.25) is 0 Å². The summed E-state index contributed by atoms with van der Waals surface area (Å²) in [4.78, 5) is 109. The number of aromatic nitrogens is 2. The number of nitrogens with zero attached hydrogens (tertiary/aromatic N) is 2. The number of anilines is 1. The number of amides is 2. The second-order valence-corrected chi connectivity index (χ2v) is 34.0. The van der Waals surface area contributed by atoms with E-state index in [-0.39, 0.29) is 77.1 Å². The number of carboxylic acid groups (broad SMARTS) is 1. The van der Waals surface area contributed by atoms with Crippen molar-refractivity contribution in [3.63, 3.8) is 0 Å². The lowest BCUT2D eigenvalue weighted by Gasteiger charge is -2.34. The molecule has 0 radical (unpaired) electrons. The van der Waals surface area contributed by atoms with Crippen molar-refractivity contribution in [1.82, 2.24) is 20.2 Å². The van der Waals surface area contributed by atoms with Gasteiger partial charge in [-0.2, -0.15) is 25.5 Å². The standard InChI is InChI=1S/C52H59N6O26P3S6/c1-51(2)21-30(25-92(72,73)74)33-16-36-40(18-38(33)56-51)81-41-19-39-34(31(26-93(75,76)77)22-52(3,4)57-39)17-37(41)45(36)28-8-9-32(35(15-28)48(61)62)47(60)53-11-13-89-90-14-12-78-50(64)54-10-6-7-29-23-58(49(63)55-46(29)59)44-20-42(79-27-91-88-5)43(82-44)24-80-86(68,69)84-87(70,71)83-85(65,66)67/h8-9,15-19,21-23,42-44,56H,10-14,20,24-27H2,1-5H3,(H,53,60)(H,54,64)(H,61,62)(H,68,69)(H,70,71)(H,55,59,63)(H2,65,66,67)(H,72,73,74)(H,75,76,77)/t42-,43-,44-/m1/s1. The molecule has 4 aliphatic rings. The van der Waals surface area contributed by atoms with Gasteiger partial charge in [0.15, 0.2) is 0 Å². The first-order chi connectivity index (χ1) is 43.3. The van der Waals surface area contributed by atoms with Gasteiger partial charge in [-0.05, 0) is 74.9 Å². The van der Waals surface area contributed by atoms with Crippen LogP contribution < -0.4 is 42.5 Å². The van der Waals surface area contributed by atoms with Crippen molar-refractivity contribution in [1.29, 1.82) is 0 Å². The molecule has 2 amide bonds. The second kappa shape index (κ2) is 29.4. The topological polar surface area (TPSA) is 480 Å². The Morgan fingerprint density at radius 2 is 1.55 bits per heavy atom. The van der Waals surface area contributed by atoms with Gasteiger partial charge in [-0.15, -0.1) is 0 Å². The number of fused-ring (bicyclic) bond motifs is 4. The lowest BCUT2D eigenvalue weighted by atomic mass is 9.85. The van der Waals surface area contributed by atoms with E-state index in [2.05, 4.69) is 41.4 Å². The van der Waals surface area contributed by atoms with Crippen LogP contribution in [0.4, 0.5) is 10.5 Å². The van der Waals surface area contributed by atoms with Crippen LogP contribution in [0.1, 0.15) is 88.9 Å². The number of aromatic carboxylic acids is 1. The van der Waals surface area contributed by atoms with E-state index in [0.29, 0.717) is 44.3 Å². The van der Waals surface area contributed by atoms with Crippen molar-refractivity contribution in [3.05, 3.63) is 131 Å². The van der Waals surface area contributed by atoms with Gasteiger partial charge < -0.3 is 59.6 Å². The summed E-state index contributed by atoms with van der Waals surface area (Å²) in [7, 11) is -21.0. The van der Waals surface area contributed by atoms with E-state index >= 15 is 0 Å². The first-order valence-electron chi connectivity index (χ1n) is 26.9. The fourth-order valence-corrected chi connectivity index (χ4v) is 16.8. The van der Waals surface area contributed by atoms with E-state index < -0.39 is 126 Å². The molecule has 93 heavy (non-hydrogen) atoms. The molecule has 3 aromatic carbocycles. The molecule has 0 aliphatic carbocycles. The molecule has 2 unspecified atom stereocenters. The second-order valence-electron chi connectivity index (χ2n) is 21.5. The third-order valence-corrected chi connectivity index (χ3v) is 22.3. The summed E-state index contributed by atoms with van der Waals surface area (Å²) in [6, 6.07) is 10.6. The van der Waals surface area contributed by atoms with Crippen LogP contribution in [0.3, 0.4) is 0 Å². The number of alkyl carbamates (subject to hydrolysis) is 1. The van der Waals surface area contributed by atoms with Crippen molar-refractivity contribution in [2.45, 2.75) is 63.6 Å². The van der Waals surface area contributed by atoms with Crippen LogP contribution in [0.25, 0.3) is 16.7 Å². The van der Waals surface area contributed by atoms with Crippen molar-refractivity contribution >= 4 is 127 Å². The van der Waals surface area contributed by atoms with Gasteiger partial charge in [-0.25, -0.2) is 28.1 Å². The van der Waals surface area contributed by atoms with E-state index in [9.17, 15) is 78.5 Å². The number of hydrogen-bond acceptors (Lipinski definition) is 25. The molecule has 1 saturated heterocycles. The molecule has 4 aliphatic heterocycles. The lowest BCUT2D eigenvalue weighted by molar-refractivity contribution is -0.0543. The van der Waals surface area contributed by atoms with Crippen molar-refractivity contribution in [2.24, 2.45) is 4.99 Å². The highest BCUT2D eigenvalue weighted by molar-refractivity contribution is 8.76. The predicted octanol–water partition coefficient (Wildman–Crippen LogP) is 4.62. The highest BCUT2D eigenvalue weighted by atomic mass is 33.1. The molecule has 5 heterocycles. The quantitative estimate of drug-likeness (QED) is 0.00853. The van der Waals surface area contributed by atoms with Crippen LogP contribution in [0, 0.1) is 11.8 Å².